The lowest BCUT2D eigenvalue weighted by molar-refractivity contribution is -0.137. The monoisotopic (exact) mass is 409 g/mol. The van der Waals surface area contributed by atoms with Crippen LogP contribution in [0.3, 0.4) is 0 Å². The van der Waals surface area contributed by atoms with Gasteiger partial charge in [0, 0.05) is 13.1 Å². The zero-order chi connectivity index (χ0) is 20.8. The van der Waals surface area contributed by atoms with E-state index in [1.807, 2.05) is 49.4 Å². The Labute approximate surface area is 174 Å². The molecule has 1 aliphatic rings. The minimum Gasteiger partial charge on any atom is -0.483 e. The summed E-state index contributed by atoms with van der Waals surface area (Å²) in [5.41, 5.74) is 1.68. The number of amides is 1. The number of carbonyl (C=O) groups is 1. The van der Waals surface area contributed by atoms with Crippen molar-refractivity contribution in [1.29, 1.82) is 0 Å². The van der Waals surface area contributed by atoms with Crippen molar-refractivity contribution in [2.24, 2.45) is 0 Å². The molecule has 156 valence electrons. The zero-order valence-electron chi connectivity index (χ0n) is 16.7. The van der Waals surface area contributed by atoms with Crippen LogP contribution in [0.25, 0.3) is 11.4 Å². The van der Waals surface area contributed by atoms with Crippen LogP contribution in [0.5, 0.6) is 11.5 Å². The first-order valence-electron chi connectivity index (χ1n) is 9.79. The van der Waals surface area contributed by atoms with Crippen molar-refractivity contribution < 1.29 is 23.5 Å². The van der Waals surface area contributed by atoms with Crippen molar-refractivity contribution in [3.05, 3.63) is 60.0 Å². The Morgan fingerprint density at radius 1 is 1.03 bits per heavy atom. The van der Waals surface area contributed by atoms with E-state index in [1.165, 1.54) is 0 Å². The Kier molecular flexibility index (Phi) is 6.24. The Morgan fingerprint density at radius 2 is 1.77 bits per heavy atom. The maximum atomic E-state index is 12.3. The molecule has 2 aromatic carbocycles. The van der Waals surface area contributed by atoms with Gasteiger partial charge in [0.15, 0.2) is 13.2 Å². The Hall–Kier alpha value is -3.39. The van der Waals surface area contributed by atoms with Gasteiger partial charge in [0.05, 0.1) is 18.8 Å². The molecule has 0 unspecified atom stereocenters. The first kappa shape index (κ1) is 19.9. The van der Waals surface area contributed by atoms with Crippen LogP contribution < -0.4 is 9.47 Å². The van der Waals surface area contributed by atoms with Crippen molar-refractivity contribution in [3.63, 3.8) is 0 Å². The van der Waals surface area contributed by atoms with Gasteiger partial charge >= 0.3 is 0 Å². The number of nitrogens with zero attached hydrogens (tertiary/aromatic N) is 3. The van der Waals surface area contributed by atoms with E-state index < -0.39 is 0 Å². The predicted molar refractivity (Wildman–Crippen MR) is 108 cm³/mol. The fraction of sp³-hybridized carbons (Fsp3) is 0.318. The average Bonchev–Trinajstić information content (AvgIpc) is 3.26. The summed E-state index contributed by atoms with van der Waals surface area (Å²) in [6.07, 6.45) is 0. The van der Waals surface area contributed by atoms with Gasteiger partial charge in [-0.2, -0.15) is 4.98 Å². The third-order valence-corrected chi connectivity index (χ3v) is 4.76. The summed E-state index contributed by atoms with van der Waals surface area (Å²) >= 11 is 0. The van der Waals surface area contributed by atoms with Gasteiger partial charge in [0.25, 0.3) is 11.8 Å². The SMILES string of the molecule is Cc1ccccc1OCc1nc(-c2ccccc2OCC(=O)N2CCOCC2)no1. The average molecular weight is 409 g/mol. The smallest absolute Gasteiger partial charge is 0.264 e. The number of rotatable bonds is 7. The molecule has 4 rings (SSSR count). The molecule has 2 heterocycles. The molecule has 1 aromatic heterocycles. The molecule has 30 heavy (non-hydrogen) atoms. The van der Waals surface area contributed by atoms with Gasteiger partial charge in [-0.3, -0.25) is 4.79 Å². The van der Waals surface area contributed by atoms with Gasteiger partial charge in [-0.15, -0.1) is 0 Å². The third-order valence-electron chi connectivity index (χ3n) is 4.76. The van der Waals surface area contributed by atoms with E-state index in [0.29, 0.717) is 49.3 Å². The molecule has 0 radical (unpaired) electrons. The summed E-state index contributed by atoms with van der Waals surface area (Å²) in [5, 5.41) is 4.04. The lowest BCUT2D eigenvalue weighted by Crippen LogP contribution is -2.43. The standard InChI is InChI=1S/C22H23N3O5/c1-16-6-2-4-8-18(16)28-14-20-23-22(24-30-20)17-7-3-5-9-19(17)29-15-21(26)25-10-12-27-13-11-25/h2-9H,10-15H2,1H3. The molecule has 3 aromatic rings. The molecular weight excluding hydrogens is 386 g/mol. The fourth-order valence-corrected chi connectivity index (χ4v) is 3.10. The molecule has 0 aliphatic carbocycles. The number of para-hydroxylation sites is 2. The zero-order valence-corrected chi connectivity index (χ0v) is 16.7. The highest BCUT2D eigenvalue weighted by molar-refractivity contribution is 5.78. The van der Waals surface area contributed by atoms with Crippen LogP contribution in [0.15, 0.2) is 53.1 Å². The molecule has 0 saturated carbocycles. The van der Waals surface area contributed by atoms with Gasteiger partial charge in [0.2, 0.25) is 5.82 Å². The summed E-state index contributed by atoms with van der Waals surface area (Å²) < 4.78 is 22.1. The van der Waals surface area contributed by atoms with Crippen LogP contribution in [0.4, 0.5) is 0 Å². The summed E-state index contributed by atoms with van der Waals surface area (Å²) in [7, 11) is 0. The molecule has 1 amide bonds. The number of hydrogen-bond acceptors (Lipinski definition) is 7. The molecule has 0 spiro atoms. The van der Waals surface area contributed by atoms with Crippen LogP contribution in [-0.2, 0) is 16.1 Å². The lowest BCUT2D eigenvalue weighted by Gasteiger charge is -2.26. The predicted octanol–water partition coefficient (Wildman–Crippen LogP) is 2.86. The molecule has 0 atom stereocenters. The van der Waals surface area contributed by atoms with E-state index in [9.17, 15) is 4.79 Å². The van der Waals surface area contributed by atoms with E-state index in [0.717, 1.165) is 11.3 Å². The van der Waals surface area contributed by atoms with Gasteiger partial charge in [0.1, 0.15) is 11.5 Å². The van der Waals surface area contributed by atoms with Gasteiger partial charge in [-0.05, 0) is 30.7 Å². The quantitative estimate of drug-likeness (QED) is 0.593. The molecule has 8 nitrogen and oxygen atoms in total. The topological polar surface area (TPSA) is 86.9 Å². The molecule has 1 aliphatic heterocycles. The number of carbonyl (C=O) groups excluding carboxylic acids is 1. The van der Waals surface area contributed by atoms with Crippen LogP contribution in [0.1, 0.15) is 11.5 Å². The van der Waals surface area contributed by atoms with Gasteiger partial charge < -0.3 is 23.6 Å². The Balaban J connectivity index is 1.41. The highest BCUT2D eigenvalue weighted by atomic mass is 16.5. The largest absolute Gasteiger partial charge is 0.483 e. The number of aryl methyl sites for hydroxylation is 1. The maximum Gasteiger partial charge on any atom is 0.264 e. The van der Waals surface area contributed by atoms with Crippen molar-refractivity contribution in [2.75, 3.05) is 32.9 Å². The molecule has 1 fully saturated rings. The lowest BCUT2D eigenvalue weighted by atomic mass is 10.2. The van der Waals surface area contributed by atoms with E-state index in [4.69, 9.17) is 18.7 Å². The minimum atomic E-state index is -0.0754. The third kappa shape index (κ3) is 4.77. The molecule has 1 saturated heterocycles. The number of ether oxygens (including phenoxy) is 3. The second-order valence-corrected chi connectivity index (χ2v) is 6.84. The number of hydrogen-bond donors (Lipinski definition) is 0. The molecule has 0 bridgehead atoms. The number of aromatic nitrogens is 2. The van der Waals surface area contributed by atoms with Crippen molar-refractivity contribution in [3.8, 4) is 22.9 Å². The van der Waals surface area contributed by atoms with Crippen molar-refractivity contribution in [1.82, 2.24) is 15.0 Å². The van der Waals surface area contributed by atoms with Crippen LogP contribution in [0, 0.1) is 6.92 Å². The highest BCUT2D eigenvalue weighted by Gasteiger charge is 2.19. The summed E-state index contributed by atoms with van der Waals surface area (Å²) in [5.74, 6) is 1.95. The second-order valence-electron chi connectivity index (χ2n) is 6.84. The molecular formula is C22H23N3O5. The van der Waals surface area contributed by atoms with E-state index in [2.05, 4.69) is 10.1 Å². The summed E-state index contributed by atoms with van der Waals surface area (Å²) in [4.78, 5) is 18.5. The summed E-state index contributed by atoms with van der Waals surface area (Å²) in [6.45, 7) is 4.35. The summed E-state index contributed by atoms with van der Waals surface area (Å²) in [6, 6.07) is 15.0. The van der Waals surface area contributed by atoms with Crippen LogP contribution in [-0.4, -0.2) is 53.9 Å². The Bertz CT molecular complexity index is 998. The van der Waals surface area contributed by atoms with Gasteiger partial charge in [-0.25, -0.2) is 0 Å². The molecule has 8 heteroatoms. The number of morpholine rings is 1. The van der Waals surface area contributed by atoms with Crippen molar-refractivity contribution >= 4 is 5.91 Å². The van der Waals surface area contributed by atoms with E-state index >= 15 is 0 Å². The first-order valence-corrected chi connectivity index (χ1v) is 9.79. The number of benzene rings is 2. The van der Waals surface area contributed by atoms with Crippen LogP contribution >= 0.6 is 0 Å². The molecule has 0 N–H and O–H groups in total. The normalized spacial score (nSPS) is 13.8. The maximum absolute atomic E-state index is 12.3. The highest BCUT2D eigenvalue weighted by Crippen LogP contribution is 2.28. The second kappa shape index (κ2) is 9.41. The first-order chi connectivity index (χ1) is 14.7. The van der Waals surface area contributed by atoms with E-state index in [-0.39, 0.29) is 19.1 Å². The fourth-order valence-electron chi connectivity index (χ4n) is 3.10. The van der Waals surface area contributed by atoms with Crippen molar-refractivity contribution in [2.45, 2.75) is 13.5 Å². The Morgan fingerprint density at radius 3 is 2.57 bits per heavy atom. The van der Waals surface area contributed by atoms with Gasteiger partial charge in [-0.1, -0.05) is 35.5 Å². The van der Waals surface area contributed by atoms with E-state index in [1.54, 1.807) is 11.0 Å². The minimum absolute atomic E-state index is 0.0574. The van der Waals surface area contributed by atoms with Crippen LogP contribution in [0.2, 0.25) is 0 Å².